The Labute approximate surface area is 131 Å². The van der Waals surface area contributed by atoms with Crippen LogP contribution < -0.4 is 5.32 Å². The number of aromatic nitrogens is 2. The van der Waals surface area contributed by atoms with Gasteiger partial charge in [0.15, 0.2) is 4.34 Å². The third-order valence-electron chi connectivity index (χ3n) is 2.73. The molecule has 0 radical (unpaired) electrons. The average Bonchev–Trinajstić information content (AvgIpc) is 2.88. The Hall–Kier alpha value is -1.67. The van der Waals surface area contributed by atoms with Gasteiger partial charge in [0, 0.05) is 30.1 Å². The lowest BCUT2D eigenvalue weighted by Gasteiger charge is -2.10. The topological polar surface area (TPSA) is 81.0 Å². The van der Waals surface area contributed by atoms with Gasteiger partial charge in [0.25, 0.3) is 5.69 Å². The molecular weight excluding hydrogens is 308 g/mol. The van der Waals surface area contributed by atoms with E-state index in [1.165, 1.54) is 17.6 Å². The molecule has 0 aliphatic heterocycles. The molecular formula is C13H16N4O2S2. The Morgan fingerprint density at radius 2 is 2.29 bits per heavy atom. The number of nitro benzene ring substituents is 1. The monoisotopic (exact) mass is 324 g/mol. The maximum absolute atomic E-state index is 10.9. The molecule has 0 spiro atoms. The van der Waals surface area contributed by atoms with E-state index in [1.807, 2.05) is 6.92 Å². The number of non-ortho nitro benzene ring substituents is 1. The molecule has 2 rings (SSSR count). The van der Waals surface area contributed by atoms with E-state index >= 15 is 0 Å². The van der Waals surface area contributed by atoms with Gasteiger partial charge in [0.05, 0.1) is 4.92 Å². The molecule has 1 heterocycles. The third-order valence-corrected chi connectivity index (χ3v) is 4.70. The molecule has 0 saturated heterocycles. The van der Waals surface area contributed by atoms with Crippen LogP contribution in [0.2, 0.25) is 0 Å². The summed E-state index contributed by atoms with van der Waals surface area (Å²) in [6.07, 6.45) is 0.999. The van der Waals surface area contributed by atoms with Crippen LogP contribution in [-0.4, -0.2) is 20.8 Å². The van der Waals surface area contributed by atoms with E-state index in [0.29, 0.717) is 5.75 Å². The molecule has 0 aliphatic carbocycles. The molecule has 0 amide bonds. The van der Waals surface area contributed by atoms with Crippen molar-refractivity contribution in [3.05, 3.63) is 39.7 Å². The number of aryl methyl sites for hydroxylation is 1. The fourth-order valence-electron chi connectivity index (χ4n) is 1.72. The Bertz CT molecular complexity index is 630. The van der Waals surface area contributed by atoms with Crippen molar-refractivity contribution in [2.45, 2.75) is 30.4 Å². The maximum Gasteiger partial charge on any atom is 0.269 e. The highest BCUT2D eigenvalue weighted by Crippen LogP contribution is 2.30. The minimum absolute atomic E-state index is 0.112. The Kier molecular flexibility index (Phi) is 5.51. The lowest BCUT2D eigenvalue weighted by Crippen LogP contribution is -2.03. The summed E-state index contributed by atoms with van der Waals surface area (Å²) in [6.45, 7) is 4.77. The molecule has 1 N–H and O–H groups in total. The summed E-state index contributed by atoms with van der Waals surface area (Å²) in [5, 5.41) is 14.2. The number of anilines is 1. The summed E-state index contributed by atoms with van der Waals surface area (Å²) < 4.78 is 5.01. The van der Waals surface area contributed by atoms with Gasteiger partial charge in [0.1, 0.15) is 5.82 Å². The van der Waals surface area contributed by atoms with Gasteiger partial charge in [-0.1, -0.05) is 18.7 Å². The van der Waals surface area contributed by atoms with Crippen LogP contribution >= 0.6 is 23.3 Å². The Balaban J connectivity index is 2.16. The van der Waals surface area contributed by atoms with E-state index in [2.05, 4.69) is 21.6 Å². The molecule has 0 aliphatic rings. The van der Waals surface area contributed by atoms with Crippen molar-refractivity contribution in [3.8, 4) is 0 Å². The quantitative estimate of drug-likeness (QED) is 0.473. The normalized spacial score (nSPS) is 10.6. The van der Waals surface area contributed by atoms with Crippen LogP contribution in [0.5, 0.6) is 0 Å². The highest BCUT2D eigenvalue weighted by molar-refractivity contribution is 8.00. The molecule has 21 heavy (non-hydrogen) atoms. The lowest BCUT2D eigenvalue weighted by molar-refractivity contribution is -0.384. The van der Waals surface area contributed by atoms with E-state index in [-0.39, 0.29) is 10.6 Å². The Morgan fingerprint density at radius 1 is 1.48 bits per heavy atom. The van der Waals surface area contributed by atoms with Gasteiger partial charge < -0.3 is 5.32 Å². The van der Waals surface area contributed by atoms with Crippen molar-refractivity contribution in [2.24, 2.45) is 0 Å². The van der Waals surface area contributed by atoms with Crippen LogP contribution in [0.4, 0.5) is 11.4 Å². The molecule has 8 heteroatoms. The largest absolute Gasteiger partial charge is 0.385 e. The third kappa shape index (κ3) is 4.40. The van der Waals surface area contributed by atoms with Gasteiger partial charge in [-0.05, 0) is 36.5 Å². The fraction of sp³-hybridized carbons (Fsp3) is 0.385. The standard InChI is InChI=1S/C13H16N4O2S2/c1-3-6-14-12-5-4-11(17(18)19)7-10(12)8-20-13-15-9(2)16-21-13/h4-5,7,14H,3,6,8H2,1-2H3. The van der Waals surface area contributed by atoms with Gasteiger partial charge in [-0.15, -0.1) is 0 Å². The average molecular weight is 324 g/mol. The number of thioether (sulfide) groups is 1. The summed E-state index contributed by atoms with van der Waals surface area (Å²) in [5.74, 6) is 1.38. The first-order chi connectivity index (χ1) is 10.1. The molecule has 112 valence electrons. The summed E-state index contributed by atoms with van der Waals surface area (Å²) >= 11 is 2.90. The first-order valence-electron chi connectivity index (χ1n) is 6.54. The number of nitrogens with one attached hydrogen (secondary N) is 1. The molecule has 1 aromatic heterocycles. The minimum Gasteiger partial charge on any atom is -0.385 e. The highest BCUT2D eigenvalue weighted by atomic mass is 32.2. The van der Waals surface area contributed by atoms with Crippen LogP contribution in [0.25, 0.3) is 0 Å². The molecule has 0 atom stereocenters. The van der Waals surface area contributed by atoms with Crippen LogP contribution in [0.3, 0.4) is 0 Å². The van der Waals surface area contributed by atoms with Gasteiger partial charge in [-0.3, -0.25) is 10.1 Å². The van der Waals surface area contributed by atoms with E-state index in [4.69, 9.17) is 0 Å². The first kappa shape index (κ1) is 15.7. The van der Waals surface area contributed by atoms with Crippen molar-refractivity contribution in [3.63, 3.8) is 0 Å². The van der Waals surface area contributed by atoms with E-state index in [9.17, 15) is 10.1 Å². The second-order valence-corrected chi connectivity index (χ2v) is 6.40. The second kappa shape index (κ2) is 7.37. The number of rotatable bonds is 7. The molecule has 0 saturated carbocycles. The number of hydrogen-bond donors (Lipinski definition) is 1. The van der Waals surface area contributed by atoms with Crippen LogP contribution in [0, 0.1) is 17.0 Å². The van der Waals surface area contributed by atoms with Gasteiger partial charge in [-0.25, -0.2) is 4.98 Å². The van der Waals surface area contributed by atoms with Crippen molar-refractivity contribution in [2.75, 3.05) is 11.9 Å². The van der Waals surface area contributed by atoms with E-state index in [1.54, 1.807) is 23.9 Å². The fourth-order valence-corrected chi connectivity index (χ4v) is 3.36. The maximum atomic E-state index is 10.9. The number of nitrogens with zero attached hydrogens (tertiary/aromatic N) is 3. The van der Waals surface area contributed by atoms with Crippen molar-refractivity contribution in [1.29, 1.82) is 0 Å². The SMILES string of the molecule is CCCNc1ccc([N+](=O)[O-])cc1CSc1nc(C)ns1. The first-order valence-corrected chi connectivity index (χ1v) is 8.30. The number of benzene rings is 1. The van der Waals surface area contributed by atoms with Gasteiger partial charge in [0.2, 0.25) is 0 Å². The van der Waals surface area contributed by atoms with Gasteiger partial charge >= 0.3 is 0 Å². The van der Waals surface area contributed by atoms with Crippen molar-refractivity contribution >= 4 is 34.7 Å². The van der Waals surface area contributed by atoms with Crippen molar-refractivity contribution < 1.29 is 4.92 Å². The molecule has 0 unspecified atom stereocenters. The lowest BCUT2D eigenvalue weighted by atomic mass is 10.1. The highest BCUT2D eigenvalue weighted by Gasteiger charge is 2.12. The minimum atomic E-state index is -0.368. The molecule has 1 aromatic carbocycles. The summed E-state index contributed by atoms with van der Waals surface area (Å²) in [4.78, 5) is 14.8. The number of nitro groups is 1. The Morgan fingerprint density at radius 3 is 2.90 bits per heavy atom. The van der Waals surface area contributed by atoms with Crippen LogP contribution in [-0.2, 0) is 5.75 Å². The predicted octanol–water partition coefficient (Wildman–Crippen LogP) is 3.87. The smallest absolute Gasteiger partial charge is 0.269 e. The van der Waals surface area contributed by atoms with Gasteiger partial charge in [-0.2, -0.15) is 4.37 Å². The van der Waals surface area contributed by atoms with E-state index in [0.717, 1.165) is 34.4 Å². The van der Waals surface area contributed by atoms with Crippen LogP contribution in [0.1, 0.15) is 24.7 Å². The molecule has 0 fully saturated rings. The second-order valence-electron chi connectivity index (χ2n) is 4.42. The molecule has 0 bridgehead atoms. The summed E-state index contributed by atoms with van der Waals surface area (Å²) in [6, 6.07) is 4.93. The zero-order valence-corrected chi connectivity index (χ0v) is 13.5. The van der Waals surface area contributed by atoms with Crippen LogP contribution in [0.15, 0.2) is 22.5 Å². The summed E-state index contributed by atoms with van der Waals surface area (Å²) in [7, 11) is 0. The summed E-state index contributed by atoms with van der Waals surface area (Å²) in [5.41, 5.74) is 1.97. The zero-order valence-electron chi connectivity index (χ0n) is 11.8. The molecule has 2 aromatic rings. The zero-order chi connectivity index (χ0) is 15.2. The predicted molar refractivity (Wildman–Crippen MR) is 86.1 cm³/mol. The van der Waals surface area contributed by atoms with Crippen molar-refractivity contribution in [1.82, 2.24) is 9.36 Å². The number of hydrogen-bond acceptors (Lipinski definition) is 7. The van der Waals surface area contributed by atoms with E-state index < -0.39 is 0 Å². The molecule has 6 nitrogen and oxygen atoms in total.